The lowest BCUT2D eigenvalue weighted by molar-refractivity contribution is -0.135. The van der Waals surface area contributed by atoms with Gasteiger partial charge >= 0.3 is 0 Å². The fraction of sp³-hybridized carbons (Fsp3) is 0.522. The molecule has 0 bridgehead atoms. The number of rotatable bonds is 5. The second-order valence-electron chi connectivity index (χ2n) is 9.09. The van der Waals surface area contributed by atoms with E-state index in [1.165, 1.54) is 0 Å². The Morgan fingerprint density at radius 3 is 2.74 bits per heavy atom. The molecule has 3 aliphatic rings. The minimum Gasteiger partial charge on any atom is -0.454 e. The molecule has 2 aromatic heterocycles. The van der Waals surface area contributed by atoms with E-state index in [0.717, 1.165) is 60.2 Å². The summed E-state index contributed by atoms with van der Waals surface area (Å²) in [6, 6.07) is 6.01. The molecule has 3 aromatic rings. The average molecular weight is 468 g/mol. The third-order valence-corrected chi connectivity index (χ3v) is 6.73. The van der Waals surface area contributed by atoms with Crippen LogP contribution in [0.1, 0.15) is 11.8 Å². The third-order valence-electron chi connectivity index (χ3n) is 6.73. The molecule has 34 heavy (non-hydrogen) atoms. The van der Waals surface area contributed by atoms with Crippen LogP contribution >= 0.6 is 0 Å². The van der Waals surface area contributed by atoms with Gasteiger partial charge in [0, 0.05) is 45.8 Å². The zero-order chi connectivity index (χ0) is 23.1. The maximum atomic E-state index is 9.92. The summed E-state index contributed by atoms with van der Waals surface area (Å²) in [4.78, 5) is 20.6. The van der Waals surface area contributed by atoms with Crippen LogP contribution in [0.15, 0.2) is 30.9 Å². The highest BCUT2D eigenvalue weighted by Gasteiger charge is 2.31. The van der Waals surface area contributed by atoms with Crippen LogP contribution in [0.2, 0.25) is 0 Å². The van der Waals surface area contributed by atoms with E-state index in [1.807, 2.05) is 22.8 Å². The Morgan fingerprint density at radius 2 is 1.88 bits per heavy atom. The van der Waals surface area contributed by atoms with Crippen molar-refractivity contribution in [2.24, 2.45) is 0 Å². The number of anilines is 1. The molecule has 6 rings (SSSR count). The summed E-state index contributed by atoms with van der Waals surface area (Å²) in [5.74, 6) is 2.41. The van der Waals surface area contributed by atoms with Gasteiger partial charge in [0.25, 0.3) is 0 Å². The van der Waals surface area contributed by atoms with E-state index < -0.39 is 0 Å². The monoisotopic (exact) mass is 467 g/mol. The van der Waals surface area contributed by atoms with Crippen molar-refractivity contribution in [3.05, 3.63) is 36.4 Å². The first-order valence-corrected chi connectivity index (χ1v) is 11.7. The highest BCUT2D eigenvalue weighted by molar-refractivity contribution is 5.83. The van der Waals surface area contributed by atoms with E-state index in [0.29, 0.717) is 19.6 Å². The molecule has 2 saturated heterocycles. The summed E-state index contributed by atoms with van der Waals surface area (Å²) >= 11 is 0. The predicted molar refractivity (Wildman–Crippen MR) is 124 cm³/mol. The lowest BCUT2D eigenvalue weighted by atomic mass is 10.1. The van der Waals surface area contributed by atoms with Gasteiger partial charge in [0.2, 0.25) is 6.79 Å². The van der Waals surface area contributed by atoms with E-state index >= 15 is 0 Å². The Hall–Kier alpha value is -2.99. The summed E-state index contributed by atoms with van der Waals surface area (Å²) < 4.78 is 19.2. The standard InChI is InChI=1S/C23H29N7O4/c1-27-4-6-29(7-5-27)22-21-23(25-13-24-22)30(14-26-21)20-11-28(10-17(12-31)34-20)9-16-2-3-18-19(8-16)33-15-32-18/h2-3,8,13-14,17,20,31H,4-7,9-12,15H2,1H3/t17-,20+/m0/s1. The van der Waals surface area contributed by atoms with Crippen molar-refractivity contribution in [1.82, 2.24) is 29.3 Å². The molecule has 180 valence electrons. The molecule has 2 fully saturated rings. The number of piperazine rings is 1. The number of aliphatic hydroxyl groups excluding tert-OH is 1. The highest BCUT2D eigenvalue weighted by Crippen LogP contribution is 2.34. The van der Waals surface area contributed by atoms with Crippen LogP contribution < -0.4 is 14.4 Å². The first-order chi connectivity index (χ1) is 16.7. The number of morpholine rings is 1. The quantitative estimate of drug-likeness (QED) is 0.577. The summed E-state index contributed by atoms with van der Waals surface area (Å²) in [5, 5.41) is 9.92. The maximum absolute atomic E-state index is 9.92. The molecule has 2 atom stereocenters. The van der Waals surface area contributed by atoms with Gasteiger partial charge in [-0.1, -0.05) is 6.07 Å². The van der Waals surface area contributed by atoms with Gasteiger partial charge in [0.1, 0.15) is 12.6 Å². The highest BCUT2D eigenvalue weighted by atomic mass is 16.7. The zero-order valence-electron chi connectivity index (χ0n) is 19.2. The number of benzene rings is 1. The second-order valence-corrected chi connectivity index (χ2v) is 9.09. The molecule has 1 aromatic carbocycles. The number of likely N-dealkylation sites (N-methyl/N-ethyl adjacent to an activating group) is 1. The first kappa shape index (κ1) is 21.5. The maximum Gasteiger partial charge on any atom is 0.231 e. The molecule has 0 unspecified atom stereocenters. The van der Waals surface area contributed by atoms with Gasteiger partial charge in [-0.3, -0.25) is 9.47 Å². The number of ether oxygens (including phenoxy) is 3. The van der Waals surface area contributed by atoms with Crippen LogP contribution in [0.25, 0.3) is 11.2 Å². The van der Waals surface area contributed by atoms with Crippen LogP contribution in [0.3, 0.4) is 0 Å². The molecule has 0 aliphatic carbocycles. The van der Waals surface area contributed by atoms with Gasteiger partial charge in [-0.15, -0.1) is 0 Å². The Morgan fingerprint density at radius 1 is 1.03 bits per heavy atom. The summed E-state index contributed by atoms with van der Waals surface area (Å²) in [6.07, 6.45) is 2.76. The minimum atomic E-state index is -0.319. The number of nitrogens with zero attached hydrogens (tertiary/aromatic N) is 7. The fourth-order valence-electron chi connectivity index (χ4n) is 4.87. The van der Waals surface area contributed by atoms with Gasteiger partial charge in [0.05, 0.1) is 19.0 Å². The first-order valence-electron chi connectivity index (χ1n) is 11.7. The fourth-order valence-corrected chi connectivity index (χ4v) is 4.87. The molecule has 1 N–H and O–H groups in total. The lowest BCUT2D eigenvalue weighted by Crippen LogP contribution is -2.46. The Balaban J connectivity index is 1.24. The van der Waals surface area contributed by atoms with E-state index in [1.54, 1.807) is 12.7 Å². The van der Waals surface area contributed by atoms with Crippen LogP contribution in [-0.4, -0.2) is 100 Å². The van der Waals surface area contributed by atoms with E-state index in [-0.39, 0.29) is 25.7 Å². The summed E-state index contributed by atoms with van der Waals surface area (Å²) in [7, 11) is 2.13. The summed E-state index contributed by atoms with van der Waals surface area (Å²) in [5.41, 5.74) is 2.65. The van der Waals surface area contributed by atoms with Gasteiger partial charge in [-0.25, -0.2) is 15.0 Å². The zero-order valence-corrected chi connectivity index (χ0v) is 19.2. The largest absolute Gasteiger partial charge is 0.454 e. The van der Waals surface area contributed by atoms with E-state index in [2.05, 4.69) is 36.7 Å². The van der Waals surface area contributed by atoms with Crippen molar-refractivity contribution in [3.63, 3.8) is 0 Å². The van der Waals surface area contributed by atoms with Crippen LogP contribution in [-0.2, 0) is 11.3 Å². The van der Waals surface area contributed by atoms with Crippen molar-refractivity contribution in [1.29, 1.82) is 0 Å². The number of imidazole rings is 1. The molecule has 11 heteroatoms. The van der Waals surface area contributed by atoms with Crippen molar-refractivity contribution in [2.45, 2.75) is 18.9 Å². The van der Waals surface area contributed by atoms with Crippen molar-refractivity contribution in [3.8, 4) is 11.5 Å². The summed E-state index contributed by atoms with van der Waals surface area (Å²) in [6.45, 7) is 5.99. The topological polar surface area (TPSA) is 101 Å². The Bertz CT molecular complexity index is 1160. The van der Waals surface area contributed by atoms with E-state index in [9.17, 15) is 5.11 Å². The minimum absolute atomic E-state index is 0.0533. The SMILES string of the molecule is CN1CCN(c2ncnc3c2ncn3[C@H]2CN(Cc3ccc4c(c3)OCO4)C[C@@H](CO)O2)CC1. The van der Waals surface area contributed by atoms with Gasteiger partial charge in [0.15, 0.2) is 28.5 Å². The molecular weight excluding hydrogens is 438 g/mol. The van der Waals surface area contributed by atoms with Gasteiger partial charge < -0.3 is 29.1 Å². The van der Waals surface area contributed by atoms with Crippen LogP contribution in [0.5, 0.6) is 11.5 Å². The van der Waals surface area contributed by atoms with E-state index in [4.69, 9.17) is 14.2 Å². The molecule has 11 nitrogen and oxygen atoms in total. The number of fused-ring (bicyclic) bond motifs is 2. The van der Waals surface area contributed by atoms with Crippen molar-refractivity contribution < 1.29 is 19.3 Å². The molecular formula is C23H29N7O4. The number of hydrogen-bond donors (Lipinski definition) is 1. The number of hydrogen-bond acceptors (Lipinski definition) is 10. The normalized spacial score (nSPS) is 23.6. The predicted octanol–water partition coefficient (Wildman–Crippen LogP) is 0.699. The Kier molecular flexibility index (Phi) is 5.69. The van der Waals surface area contributed by atoms with Crippen molar-refractivity contribution in [2.75, 3.05) is 64.6 Å². The van der Waals surface area contributed by atoms with Gasteiger partial charge in [-0.05, 0) is 24.7 Å². The average Bonchev–Trinajstić information content (AvgIpc) is 3.51. The molecule has 0 amide bonds. The third kappa shape index (κ3) is 4.05. The number of aliphatic hydroxyl groups is 1. The molecule has 3 aliphatic heterocycles. The molecule has 0 saturated carbocycles. The second kappa shape index (κ2) is 8.99. The Labute approximate surface area is 197 Å². The van der Waals surface area contributed by atoms with Crippen LogP contribution in [0.4, 0.5) is 5.82 Å². The lowest BCUT2D eigenvalue weighted by Gasteiger charge is -2.38. The van der Waals surface area contributed by atoms with Crippen molar-refractivity contribution >= 4 is 17.0 Å². The molecule has 5 heterocycles. The van der Waals surface area contributed by atoms with Crippen LogP contribution in [0, 0.1) is 0 Å². The smallest absolute Gasteiger partial charge is 0.231 e. The van der Waals surface area contributed by atoms with Gasteiger partial charge in [-0.2, -0.15) is 0 Å². The molecule has 0 radical (unpaired) electrons. The number of aromatic nitrogens is 4. The molecule has 0 spiro atoms.